The molecule has 2 N–H and O–H groups in total. The van der Waals surface area contributed by atoms with Crippen molar-refractivity contribution in [3.63, 3.8) is 0 Å². The van der Waals surface area contributed by atoms with Crippen LogP contribution in [0.5, 0.6) is 11.6 Å². The van der Waals surface area contributed by atoms with Gasteiger partial charge in [-0.15, -0.1) is 0 Å². The number of nitrogens with two attached hydrogens (primary N) is 1. The zero-order chi connectivity index (χ0) is 10.7. The lowest BCUT2D eigenvalue weighted by Crippen LogP contribution is -1.90. The molecule has 76 valence electrons. The molecular formula is C10H8BrN3O. The van der Waals surface area contributed by atoms with Crippen molar-refractivity contribution in [1.29, 1.82) is 0 Å². The topological polar surface area (TPSA) is 61.0 Å². The Balaban J connectivity index is 2.22. The monoisotopic (exact) mass is 265 g/mol. The second-order valence-corrected chi connectivity index (χ2v) is 3.67. The van der Waals surface area contributed by atoms with Crippen LogP contribution in [0.25, 0.3) is 0 Å². The number of nitrogens with zero attached hydrogens (tertiary/aromatic N) is 2. The number of aromatic nitrogens is 2. The van der Waals surface area contributed by atoms with E-state index in [0.717, 1.165) is 0 Å². The first kappa shape index (κ1) is 9.92. The number of anilines is 1. The summed E-state index contributed by atoms with van der Waals surface area (Å²) >= 11 is 3.23. The zero-order valence-electron chi connectivity index (χ0n) is 7.72. The first-order chi connectivity index (χ1) is 7.24. The molecule has 15 heavy (non-hydrogen) atoms. The second-order valence-electron chi connectivity index (χ2n) is 2.85. The standard InChI is InChI=1S/C10H8BrN3O/c11-9-5-10(14-6-13-9)15-8-3-1-2-7(12)4-8/h1-6H,12H2. The molecule has 0 fully saturated rings. The minimum Gasteiger partial charge on any atom is -0.439 e. The predicted molar refractivity (Wildman–Crippen MR) is 60.7 cm³/mol. The van der Waals surface area contributed by atoms with Gasteiger partial charge in [-0.2, -0.15) is 0 Å². The van der Waals surface area contributed by atoms with Gasteiger partial charge in [0.05, 0.1) is 0 Å². The highest BCUT2D eigenvalue weighted by Gasteiger charge is 1.99. The first-order valence-electron chi connectivity index (χ1n) is 4.25. The fraction of sp³-hybridized carbons (Fsp3) is 0. The van der Waals surface area contributed by atoms with Gasteiger partial charge < -0.3 is 10.5 Å². The molecule has 1 heterocycles. The SMILES string of the molecule is Nc1cccc(Oc2cc(Br)ncn2)c1. The van der Waals surface area contributed by atoms with E-state index in [9.17, 15) is 0 Å². The molecule has 0 atom stereocenters. The van der Waals surface area contributed by atoms with Crippen LogP contribution in [-0.2, 0) is 0 Å². The number of hydrogen-bond donors (Lipinski definition) is 1. The van der Waals surface area contributed by atoms with Crippen LogP contribution in [0.15, 0.2) is 41.3 Å². The summed E-state index contributed by atoms with van der Waals surface area (Å²) in [6, 6.07) is 8.84. The van der Waals surface area contributed by atoms with Crippen molar-refractivity contribution in [2.24, 2.45) is 0 Å². The molecule has 0 unspecified atom stereocenters. The Labute approximate surface area is 95.2 Å². The van der Waals surface area contributed by atoms with Crippen LogP contribution in [0.4, 0.5) is 5.69 Å². The molecule has 4 nitrogen and oxygen atoms in total. The van der Waals surface area contributed by atoms with Crippen LogP contribution >= 0.6 is 15.9 Å². The van der Waals surface area contributed by atoms with E-state index in [-0.39, 0.29) is 0 Å². The molecule has 1 aromatic heterocycles. The molecule has 0 radical (unpaired) electrons. The van der Waals surface area contributed by atoms with Gasteiger partial charge in [0, 0.05) is 17.8 Å². The average molecular weight is 266 g/mol. The molecule has 0 aliphatic rings. The minimum atomic E-state index is 0.475. The Hall–Kier alpha value is -1.62. The van der Waals surface area contributed by atoms with E-state index in [1.807, 2.05) is 12.1 Å². The summed E-state index contributed by atoms with van der Waals surface area (Å²) in [7, 11) is 0. The number of benzene rings is 1. The molecule has 0 aliphatic heterocycles. The molecular weight excluding hydrogens is 258 g/mol. The maximum atomic E-state index is 5.62. The van der Waals surface area contributed by atoms with Crippen molar-refractivity contribution in [2.75, 3.05) is 5.73 Å². The number of hydrogen-bond acceptors (Lipinski definition) is 4. The van der Waals surface area contributed by atoms with Gasteiger partial charge in [0.25, 0.3) is 0 Å². The fourth-order valence-corrected chi connectivity index (χ4v) is 1.36. The van der Waals surface area contributed by atoms with Gasteiger partial charge in [0.2, 0.25) is 5.88 Å². The molecule has 0 saturated heterocycles. The minimum absolute atomic E-state index is 0.475. The number of ether oxygens (including phenoxy) is 1. The Morgan fingerprint density at radius 3 is 2.80 bits per heavy atom. The first-order valence-corrected chi connectivity index (χ1v) is 5.04. The quantitative estimate of drug-likeness (QED) is 0.670. The van der Waals surface area contributed by atoms with Crippen molar-refractivity contribution in [1.82, 2.24) is 9.97 Å². The maximum absolute atomic E-state index is 5.62. The summed E-state index contributed by atoms with van der Waals surface area (Å²) in [5.41, 5.74) is 6.27. The number of halogens is 1. The van der Waals surface area contributed by atoms with E-state index in [4.69, 9.17) is 10.5 Å². The Morgan fingerprint density at radius 1 is 1.20 bits per heavy atom. The summed E-state index contributed by atoms with van der Waals surface area (Å²) < 4.78 is 6.16. The van der Waals surface area contributed by atoms with Crippen LogP contribution in [0.3, 0.4) is 0 Å². The van der Waals surface area contributed by atoms with Crippen LogP contribution < -0.4 is 10.5 Å². The van der Waals surface area contributed by atoms with E-state index in [1.165, 1.54) is 6.33 Å². The Morgan fingerprint density at radius 2 is 2.07 bits per heavy atom. The largest absolute Gasteiger partial charge is 0.439 e. The van der Waals surface area contributed by atoms with Crippen molar-refractivity contribution >= 4 is 21.6 Å². The third-order valence-corrected chi connectivity index (χ3v) is 2.12. The van der Waals surface area contributed by atoms with Crippen molar-refractivity contribution in [2.45, 2.75) is 0 Å². The van der Waals surface area contributed by atoms with Gasteiger partial charge in [0.15, 0.2) is 0 Å². The van der Waals surface area contributed by atoms with Gasteiger partial charge >= 0.3 is 0 Å². The van der Waals surface area contributed by atoms with Gasteiger partial charge in [-0.25, -0.2) is 9.97 Å². The lowest BCUT2D eigenvalue weighted by Gasteiger charge is -2.04. The molecule has 5 heteroatoms. The van der Waals surface area contributed by atoms with Crippen molar-refractivity contribution in [3.8, 4) is 11.6 Å². The van der Waals surface area contributed by atoms with Gasteiger partial charge in [0.1, 0.15) is 16.7 Å². The number of rotatable bonds is 2. The van der Waals surface area contributed by atoms with Gasteiger partial charge in [-0.1, -0.05) is 6.07 Å². The van der Waals surface area contributed by atoms with E-state index in [0.29, 0.717) is 21.9 Å². The van der Waals surface area contributed by atoms with Crippen molar-refractivity contribution < 1.29 is 4.74 Å². The second kappa shape index (κ2) is 4.27. The molecule has 2 aromatic rings. The molecule has 1 aromatic carbocycles. The normalized spacial score (nSPS) is 9.93. The zero-order valence-corrected chi connectivity index (χ0v) is 9.31. The molecule has 0 saturated carbocycles. The van der Waals surface area contributed by atoms with Crippen LogP contribution in [0, 0.1) is 0 Å². The van der Waals surface area contributed by atoms with E-state index < -0.39 is 0 Å². The lowest BCUT2D eigenvalue weighted by molar-refractivity contribution is 0.461. The van der Waals surface area contributed by atoms with Crippen LogP contribution in [0.2, 0.25) is 0 Å². The molecule has 0 amide bonds. The Kier molecular flexibility index (Phi) is 2.82. The third-order valence-electron chi connectivity index (χ3n) is 1.69. The lowest BCUT2D eigenvalue weighted by atomic mass is 10.3. The van der Waals surface area contributed by atoms with Crippen molar-refractivity contribution in [3.05, 3.63) is 41.3 Å². The van der Waals surface area contributed by atoms with E-state index in [2.05, 4.69) is 25.9 Å². The smallest absolute Gasteiger partial charge is 0.223 e. The highest BCUT2D eigenvalue weighted by Crippen LogP contribution is 2.22. The summed E-state index contributed by atoms with van der Waals surface area (Å²) in [4.78, 5) is 7.86. The van der Waals surface area contributed by atoms with Crippen LogP contribution in [0.1, 0.15) is 0 Å². The van der Waals surface area contributed by atoms with Gasteiger partial charge in [-0.05, 0) is 28.1 Å². The summed E-state index contributed by atoms with van der Waals surface area (Å²) in [5.74, 6) is 1.13. The summed E-state index contributed by atoms with van der Waals surface area (Å²) in [6.45, 7) is 0. The average Bonchev–Trinajstić information content (AvgIpc) is 2.17. The maximum Gasteiger partial charge on any atom is 0.223 e. The predicted octanol–water partition coefficient (Wildman–Crippen LogP) is 2.61. The van der Waals surface area contributed by atoms with E-state index in [1.54, 1.807) is 18.2 Å². The highest BCUT2D eigenvalue weighted by molar-refractivity contribution is 9.10. The van der Waals surface area contributed by atoms with Crippen LogP contribution in [-0.4, -0.2) is 9.97 Å². The van der Waals surface area contributed by atoms with Gasteiger partial charge in [-0.3, -0.25) is 0 Å². The summed E-state index contributed by atoms with van der Waals surface area (Å²) in [6.07, 6.45) is 1.42. The molecule has 0 bridgehead atoms. The summed E-state index contributed by atoms with van der Waals surface area (Å²) in [5, 5.41) is 0. The third kappa shape index (κ3) is 2.66. The van der Waals surface area contributed by atoms with E-state index >= 15 is 0 Å². The Bertz CT molecular complexity index is 432. The fourth-order valence-electron chi connectivity index (χ4n) is 1.07. The molecule has 0 aliphatic carbocycles. The molecule has 2 rings (SSSR count). The number of nitrogen functional groups attached to an aromatic ring is 1. The molecule has 0 spiro atoms. The highest BCUT2D eigenvalue weighted by atomic mass is 79.9.